The second kappa shape index (κ2) is 3.49. The fraction of sp³-hybridized carbons (Fsp3) is 0.917. The molecule has 3 rings (SSSR count). The lowest BCUT2D eigenvalue weighted by Gasteiger charge is -2.40. The van der Waals surface area contributed by atoms with Crippen molar-refractivity contribution in [2.75, 3.05) is 18.1 Å². The highest BCUT2D eigenvalue weighted by Crippen LogP contribution is 2.56. The highest BCUT2D eigenvalue weighted by molar-refractivity contribution is 7.99. The van der Waals surface area contributed by atoms with Gasteiger partial charge in [0.15, 0.2) is 0 Å². The first-order chi connectivity index (χ1) is 7.29. The normalized spacial score (nSPS) is 43.1. The van der Waals surface area contributed by atoms with E-state index in [-0.39, 0.29) is 11.0 Å². The molecular formula is C12H18O2S. The van der Waals surface area contributed by atoms with Gasteiger partial charge >= 0.3 is 0 Å². The van der Waals surface area contributed by atoms with Crippen molar-refractivity contribution in [3.63, 3.8) is 0 Å². The van der Waals surface area contributed by atoms with Crippen LogP contribution in [-0.2, 0) is 9.53 Å². The van der Waals surface area contributed by atoms with E-state index in [1.165, 1.54) is 18.5 Å². The standard InChI is InChI=1S/C12H18O2S/c13-8-11(2-3-11)10-1-5-14-12(7-10)4-6-15-9-12/h8,10H,1-7,9H2. The van der Waals surface area contributed by atoms with Gasteiger partial charge in [0.2, 0.25) is 0 Å². The Hall–Kier alpha value is -0.0200. The number of hydrogen-bond acceptors (Lipinski definition) is 3. The van der Waals surface area contributed by atoms with Crippen molar-refractivity contribution in [2.45, 2.75) is 37.7 Å². The fourth-order valence-corrected chi connectivity index (χ4v) is 4.53. The molecule has 2 saturated heterocycles. The number of carbonyl (C=O) groups is 1. The second-order valence-corrected chi connectivity index (χ2v) is 6.48. The van der Waals surface area contributed by atoms with E-state index in [1.54, 1.807) is 0 Å². The molecule has 2 nitrogen and oxygen atoms in total. The van der Waals surface area contributed by atoms with Crippen LogP contribution in [0.1, 0.15) is 32.1 Å². The average molecular weight is 226 g/mol. The molecule has 2 atom stereocenters. The van der Waals surface area contributed by atoms with Gasteiger partial charge in [-0.2, -0.15) is 11.8 Å². The lowest BCUT2D eigenvalue weighted by atomic mass is 9.77. The SMILES string of the molecule is O=CC1(C2CCOC3(CCSC3)C2)CC1. The molecule has 1 saturated carbocycles. The Bertz CT molecular complexity index is 267. The third-order valence-electron chi connectivity index (χ3n) is 4.44. The van der Waals surface area contributed by atoms with Crippen molar-refractivity contribution in [1.29, 1.82) is 0 Å². The van der Waals surface area contributed by atoms with Gasteiger partial charge in [-0.25, -0.2) is 0 Å². The van der Waals surface area contributed by atoms with Crippen LogP contribution in [0, 0.1) is 11.3 Å². The van der Waals surface area contributed by atoms with Gasteiger partial charge in [0, 0.05) is 17.8 Å². The van der Waals surface area contributed by atoms with Crippen LogP contribution in [0.25, 0.3) is 0 Å². The van der Waals surface area contributed by atoms with Crippen LogP contribution in [0.3, 0.4) is 0 Å². The molecule has 84 valence electrons. The third kappa shape index (κ3) is 1.64. The van der Waals surface area contributed by atoms with E-state index < -0.39 is 0 Å². The summed E-state index contributed by atoms with van der Waals surface area (Å²) in [6.45, 7) is 0.876. The maximum atomic E-state index is 11.1. The van der Waals surface area contributed by atoms with Crippen LogP contribution in [0.5, 0.6) is 0 Å². The summed E-state index contributed by atoms with van der Waals surface area (Å²) in [4.78, 5) is 11.1. The first-order valence-corrected chi connectivity index (χ1v) is 7.12. The van der Waals surface area contributed by atoms with Crippen LogP contribution in [0.15, 0.2) is 0 Å². The number of thioether (sulfide) groups is 1. The lowest BCUT2D eigenvalue weighted by Crippen LogP contribution is -2.42. The van der Waals surface area contributed by atoms with Gasteiger partial charge in [0.1, 0.15) is 6.29 Å². The molecular weight excluding hydrogens is 208 g/mol. The average Bonchev–Trinajstić information content (AvgIpc) is 2.97. The molecule has 0 aromatic heterocycles. The van der Waals surface area contributed by atoms with Crippen LogP contribution in [0.2, 0.25) is 0 Å². The van der Waals surface area contributed by atoms with Crippen LogP contribution >= 0.6 is 11.8 Å². The largest absolute Gasteiger partial charge is 0.374 e. The third-order valence-corrected chi connectivity index (χ3v) is 5.66. The maximum Gasteiger partial charge on any atom is 0.126 e. The van der Waals surface area contributed by atoms with Gasteiger partial charge in [-0.15, -0.1) is 0 Å². The molecule has 0 radical (unpaired) electrons. The molecule has 2 unspecified atom stereocenters. The van der Waals surface area contributed by atoms with Crippen LogP contribution in [0.4, 0.5) is 0 Å². The highest BCUT2D eigenvalue weighted by atomic mass is 32.2. The Balaban J connectivity index is 1.73. The van der Waals surface area contributed by atoms with Crippen molar-refractivity contribution in [1.82, 2.24) is 0 Å². The first-order valence-electron chi connectivity index (χ1n) is 5.97. The molecule has 3 fully saturated rings. The smallest absolute Gasteiger partial charge is 0.126 e. The summed E-state index contributed by atoms with van der Waals surface area (Å²) in [5.41, 5.74) is 0.218. The Morgan fingerprint density at radius 3 is 2.80 bits per heavy atom. The summed E-state index contributed by atoms with van der Waals surface area (Å²) < 4.78 is 5.99. The van der Waals surface area contributed by atoms with E-state index in [2.05, 4.69) is 0 Å². The number of aldehydes is 1. The molecule has 0 N–H and O–H groups in total. The monoisotopic (exact) mass is 226 g/mol. The molecule has 2 aliphatic heterocycles. The van der Waals surface area contributed by atoms with Crippen molar-refractivity contribution in [3.05, 3.63) is 0 Å². The summed E-state index contributed by atoms with van der Waals surface area (Å²) >= 11 is 2.01. The predicted octanol–water partition coefficient (Wildman–Crippen LogP) is 2.27. The Morgan fingerprint density at radius 2 is 2.20 bits per heavy atom. The zero-order valence-electron chi connectivity index (χ0n) is 9.04. The van der Waals surface area contributed by atoms with Gasteiger partial charge in [0.25, 0.3) is 0 Å². The van der Waals surface area contributed by atoms with E-state index >= 15 is 0 Å². The topological polar surface area (TPSA) is 26.3 Å². The minimum Gasteiger partial charge on any atom is -0.374 e. The predicted molar refractivity (Wildman–Crippen MR) is 61.1 cm³/mol. The highest BCUT2D eigenvalue weighted by Gasteiger charge is 2.53. The zero-order valence-corrected chi connectivity index (χ0v) is 9.85. The van der Waals surface area contributed by atoms with Gasteiger partial charge in [-0.3, -0.25) is 0 Å². The number of hydrogen-bond donors (Lipinski definition) is 0. The van der Waals surface area contributed by atoms with E-state index in [9.17, 15) is 4.79 Å². The van der Waals surface area contributed by atoms with E-state index in [0.29, 0.717) is 5.92 Å². The van der Waals surface area contributed by atoms with Gasteiger partial charge in [-0.1, -0.05) is 0 Å². The minimum absolute atomic E-state index is 0.0734. The number of rotatable bonds is 2. The van der Waals surface area contributed by atoms with E-state index in [0.717, 1.165) is 38.0 Å². The molecule has 3 heteroatoms. The Kier molecular flexibility index (Phi) is 2.36. The van der Waals surface area contributed by atoms with Gasteiger partial charge in [-0.05, 0) is 43.8 Å². The summed E-state index contributed by atoms with van der Waals surface area (Å²) in [6.07, 6.45) is 6.93. The first kappa shape index (κ1) is 10.2. The van der Waals surface area contributed by atoms with Crippen molar-refractivity contribution in [3.8, 4) is 0 Å². The molecule has 2 heterocycles. The second-order valence-electron chi connectivity index (χ2n) is 5.37. The summed E-state index contributed by atoms with van der Waals surface area (Å²) in [5.74, 6) is 3.00. The zero-order chi connectivity index (χ0) is 10.4. The van der Waals surface area contributed by atoms with E-state index in [4.69, 9.17) is 4.74 Å². The molecule has 1 aliphatic carbocycles. The maximum absolute atomic E-state index is 11.1. The van der Waals surface area contributed by atoms with E-state index in [1.807, 2.05) is 11.8 Å². The molecule has 0 aromatic rings. The van der Waals surface area contributed by atoms with Gasteiger partial charge < -0.3 is 9.53 Å². The molecule has 0 amide bonds. The molecule has 1 spiro atoms. The summed E-state index contributed by atoms with van der Waals surface area (Å²) in [5, 5.41) is 0. The van der Waals surface area contributed by atoms with Gasteiger partial charge in [0.05, 0.1) is 5.60 Å². The number of ether oxygens (including phenoxy) is 1. The molecule has 3 aliphatic rings. The Labute approximate surface area is 95.1 Å². The lowest BCUT2D eigenvalue weighted by molar-refractivity contribution is -0.121. The van der Waals surface area contributed by atoms with Crippen molar-refractivity contribution in [2.24, 2.45) is 11.3 Å². The molecule has 15 heavy (non-hydrogen) atoms. The molecule has 0 aromatic carbocycles. The fourth-order valence-electron chi connectivity index (χ4n) is 3.15. The molecule has 0 bridgehead atoms. The minimum atomic E-state index is 0.0734. The quantitative estimate of drug-likeness (QED) is 0.676. The summed E-state index contributed by atoms with van der Waals surface area (Å²) in [7, 11) is 0. The van der Waals surface area contributed by atoms with Crippen molar-refractivity contribution >= 4 is 18.0 Å². The summed E-state index contributed by atoms with van der Waals surface area (Å²) in [6, 6.07) is 0. The number of carbonyl (C=O) groups excluding carboxylic acids is 1. The Morgan fingerprint density at radius 1 is 1.33 bits per heavy atom. The van der Waals surface area contributed by atoms with Crippen molar-refractivity contribution < 1.29 is 9.53 Å². The van der Waals surface area contributed by atoms with Crippen LogP contribution < -0.4 is 0 Å². The van der Waals surface area contributed by atoms with Crippen LogP contribution in [-0.4, -0.2) is 30.0 Å².